The minimum atomic E-state index is -4.35. The average Bonchev–Trinajstić information content (AvgIpc) is 2.56. The van der Waals surface area contributed by atoms with Crippen LogP contribution in [0, 0.1) is 0 Å². The van der Waals surface area contributed by atoms with Crippen molar-refractivity contribution in [2.45, 2.75) is 6.18 Å². The molecule has 1 aromatic heterocycles. The summed E-state index contributed by atoms with van der Waals surface area (Å²) in [6, 6.07) is 4.72. The number of alkyl halides is 3. The van der Waals surface area contributed by atoms with Gasteiger partial charge in [0, 0.05) is 18.8 Å². The van der Waals surface area contributed by atoms with E-state index in [1.54, 1.807) is 0 Å². The summed E-state index contributed by atoms with van der Waals surface area (Å²) >= 11 is 0. The third-order valence-electron chi connectivity index (χ3n) is 3.33. The molecule has 0 unspecified atom stereocenters. The SMILES string of the molecule is FC(F)(F)c1ccc(Nc2cnnc(N3CCOCC3)n2)cc1. The Morgan fingerprint density at radius 2 is 1.78 bits per heavy atom. The van der Waals surface area contributed by atoms with Crippen molar-refractivity contribution in [1.29, 1.82) is 0 Å². The van der Waals surface area contributed by atoms with Crippen LogP contribution in [0.4, 0.5) is 30.6 Å². The van der Waals surface area contributed by atoms with Gasteiger partial charge in [0.05, 0.1) is 25.0 Å². The lowest BCUT2D eigenvalue weighted by atomic mass is 10.2. The molecule has 0 atom stereocenters. The molecule has 1 fully saturated rings. The maximum absolute atomic E-state index is 12.5. The molecule has 0 amide bonds. The van der Waals surface area contributed by atoms with E-state index in [4.69, 9.17) is 4.74 Å². The molecule has 1 saturated heterocycles. The lowest BCUT2D eigenvalue weighted by molar-refractivity contribution is -0.137. The van der Waals surface area contributed by atoms with Crippen molar-refractivity contribution in [3.63, 3.8) is 0 Å². The number of ether oxygens (including phenoxy) is 1. The van der Waals surface area contributed by atoms with Crippen molar-refractivity contribution >= 4 is 17.5 Å². The Labute approximate surface area is 130 Å². The molecule has 3 rings (SSSR count). The molecule has 2 heterocycles. The van der Waals surface area contributed by atoms with Crippen LogP contribution in [0.25, 0.3) is 0 Å². The normalized spacial score (nSPS) is 15.5. The van der Waals surface area contributed by atoms with Crippen molar-refractivity contribution in [2.24, 2.45) is 0 Å². The molecule has 1 aliphatic rings. The number of benzene rings is 1. The van der Waals surface area contributed by atoms with Gasteiger partial charge in [-0.3, -0.25) is 0 Å². The molecule has 1 aromatic carbocycles. The van der Waals surface area contributed by atoms with Crippen molar-refractivity contribution in [2.75, 3.05) is 36.5 Å². The smallest absolute Gasteiger partial charge is 0.378 e. The zero-order valence-corrected chi connectivity index (χ0v) is 12.0. The number of aromatic nitrogens is 3. The molecule has 122 valence electrons. The molecular formula is C14H14F3N5O. The molecule has 0 aliphatic carbocycles. The maximum atomic E-state index is 12.5. The van der Waals surface area contributed by atoms with Gasteiger partial charge in [-0.05, 0) is 24.3 Å². The second kappa shape index (κ2) is 6.37. The molecular weight excluding hydrogens is 311 g/mol. The monoisotopic (exact) mass is 325 g/mol. The quantitative estimate of drug-likeness (QED) is 0.935. The van der Waals surface area contributed by atoms with Crippen molar-refractivity contribution in [3.8, 4) is 0 Å². The largest absolute Gasteiger partial charge is 0.416 e. The van der Waals surface area contributed by atoms with Gasteiger partial charge in [-0.25, -0.2) is 0 Å². The molecule has 0 radical (unpaired) electrons. The van der Waals surface area contributed by atoms with Crippen molar-refractivity contribution in [3.05, 3.63) is 36.0 Å². The summed E-state index contributed by atoms with van der Waals surface area (Å²) in [5.74, 6) is 0.881. The highest BCUT2D eigenvalue weighted by Crippen LogP contribution is 2.30. The molecule has 6 nitrogen and oxygen atoms in total. The first-order valence-corrected chi connectivity index (χ1v) is 6.99. The van der Waals surface area contributed by atoms with Crippen molar-refractivity contribution in [1.82, 2.24) is 15.2 Å². The molecule has 0 spiro atoms. The Balaban J connectivity index is 1.72. The fourth-order valence-corrected chi connectivity index (χ4v) is 2.14. The van der Waals surface area contributed by atoms with Crippen LogP contribution in [0.5, 0.6) is 0 Å². The van der Waals surface area contributed by atoms with Crippen LogP contribution in [0.15, 0.2) is 30.5 Å². The van der Waals surface area contributed by atoms with Crippen LogP contribution in [0.2, 0.25) is 0 Å². The van der Waals surface area contributed by atoms with E-state index in [0.29, 0.717) is 43.8 Å². The van der Waals surface area contributed by atoms with Gasteiger partial charge in [0.25, 0.3) is 0 Å². The van der Waals surface area contributed by atoms with E-state index in [1.807, 2.05) is 4.90 Å². The number of nitrogens with zero attached hydrogens (tertiary/aromatic N) is 4. The number of anilines is 3. The predicted octanol–water partition coefficient (Wildman–Crippen LogP) is 2.47. The van der Waals surface area contributed by atoms with E-state index >= 15 is 0 Å². The highest BCUT2D eigenvalue weighted by atomic mass is 19.4. The summed E-state index contributed by atoms with van der Waals surface area (Å²) in [5, 5.41) is 10.8. The summed E-state index contributed by atoms with van der Waals surface area (Å²) in [4.78, 5) is 6.27. The number of rotatable bonds is 3. The highest BCUT2D eigenvalue weighted by molar-refractivity contribution is 5.56. The molecule has 1 N–H and O–H groups in total. The Morgan fingerprint density at radius 1 is 1.09 bits per heavy atom. The van der Waals surface area contributed by atoms with Gasteiger partial charge in [-0.1, -0.05) is 0 Å². The topological polar surface area (TPSA) is 63.2 Å². The second-order valence-electron chi connectivity index (χ2n) is 4.94. The lowest BCUT2D eigenvalue weighted by Gasteiger charge is -2.26. The van der Waals surface area contributed by atoms with E-state index in [0.717, 1.165) is 12.1 Å². The van der Waals surface area contributed by atoms with Crippen LogP contribution >= 0.6 is 0 Å². The minimum absolute atomic E-state index is 0.418. The van der Waals surface area contributed by atoms with Crippen LogP contribution in [-0.2, 0) is 10.9 Å². The molecule has 23 heavy (non-hydrogen) atoms. The van der Waals surface area contributed by atoms with Gasteiger partial charge in [0.2, 0.25) is 5.95 Å². The predicted molar refractivity (Wildman–Crippen MR) is 77.6 cm³/mol. The van der Waals surface area contributed by atoms with Gasteiger partial charge in [-0.15, -0.1) is 5.10 Å². The Bertz CT molecular complexity index is 656. The van der Waals surface area contributed by atoms with E-state index < -0.39 is 11.7 Å². The number of hydrogen-bond donors (Lipinski definition) is 1. The summed E-state index contributed by atoms with van der Waals surface area (Å²) in [6.07, 6.45) is -2.93. The fraction of sp³-hybridized carbons (Fsp3) is 0.357. The number of nitrogens with one attached hydrogen (secondary N) is 1. The second-order valence-corrected chi connectivity index (χ2v) is 4.94. The van der Waals surface area contributed by atoms with Gasteiger partial charge in [0.15, 0.2) is 5.82 Å². The number of hydrogen-bond acceptors (Lipinski definition) is 6. The Hall–Kier alpha value is -2.42. The van der Waals surface area contributed by atoms with Crippen LogP contribution in [0.1, 0.15) is 5.56 Å². The fourth-order valence-electron chi connectivity index (χ4n) is 2.14. The Kier molecular flexibility index (Phi) is 4.28. The number of halogens is 3. The van der Waals surface area contributed by atoms with Gasteiger partial charge in [0.1, 0.15) is 0 Å². The van der Waals surface area contributed by atoms with Crippen LogP contribution < -0.4 is 10.2 Å². The molecule has 0 bridgehead atoms. The van der Waals surface area contributed by atoms with Crippen LogP contribution in [0.3, 0.4) is 0 Å². The van der Waals surface area contributed by atoms with Gasteiger partial charge >= 0.3 is 6.18 Å². The summed E-state index contributed by atoms with van der Waals surface area (Å²) < 4.78 is 42.9. The van der Waals surface area contributed by atoms with E-state index in [-0.39, 0.29) is 0 Å². The molecule has 9 heteroatoms. The lowest BCUT2D eigenvalue weighted by Crippen LogP contribution is -2.37. The van der Waals surface area contributed by atoms with Crippen molar-refractivity contribution < 1.29 is 17.9 Å². The van der Waals surface area contributed by atoms with Gasteiger partial charge in [-0.2, -0.15) is 23.3 Å². The zero-order chi connectivity index (χ0) is 16.3. The van der Waals surface area contributed by atoms with E-state index in [1.165, 1.54) is 18.3 Å². The first-order valence-electron chi connectivity index (χ1n) is 6.99. The molecule has 1 aliphatic heterocycles. The summed E-state index contributed by atoms with van der Waals surface area (Å²) in [7, 11) is 0. The Morgan fingerprint density at radius 3 is 2.43 bits per heavy atom. The minimum Gasteiger partial charge on any atom is -0.378 e. The standard InChI is InChI=1S/C14H14F3N5O/c15-14(16,17)10-1-3-11(4-2-10)19-12-9-18-21-13(20-12)22-5-7-23-8-6-22/h1-4,9H,5-8H2,(H,19,20,21). The van der Waals surface area contributed by atoms with E-state index in [2.05, 4.69) is 20.5 Å². The molecule has 0 saturated carbocycles. The average molecular weight is 325 g/mol. The van der Waals surface area contributed by atoms with Crippen LogP contribution in [-0.4, -0.2) is 41.5 Å². The first kappa shape index (κ1) is 15.5. The zero-order valence-electron chi connectivity index (χ0n) is 12.0. The third kappa shape index (κ3) is 3.86. The van der Waals surface area contributed by atoms with E-state index in [9.17, 15) is 13.2 Å². The first-order chi connectivity index (χ1) is 11.0. The third-order valence-corrected chi connectivity index (χ3v) is 3.33. The number of morpholine rings is 1. The molecule has 2 aromatic rings. The van der Waals surface area contributed by atoms with Gasteiger partial charge < -0.3 is 15.0 Å². The summed E-state index contributed by atoms with van der Waals surface area (Å²) in [6.45, 7) is 2.54. The summed E-state index contributed by atoms with van der Waals surface area (Å²) in [5.41, 5.74) is -0.204. The highest BCUT2D eigenvalue weighted by Gasteiger charge is 2.29. The maximum Gasteiger partial charge on any atom is 0.416 e.